The Morgan fingerprint density at radius 2 is 2.14 bits per heavy atom. The fraction of sp³-hybridized carbons (Fsp3) is 0.667. The summed E-state index contributed by atoms with van der Waals surface area (Å²) in [5, 5.41) is 0. The van der Waals surface area contributed by atoms with Crippen LogP contribution in [0.25, 0.3) is 0 Å². The second-order valence-corrected chi connectivity index (χ2v) is 3.73. The van der Waals surface area contributed by atoms with Crippen LogP contribution in [0.2, 0.25) is 0 Å². The van der Waals surface area contributed by atoms with Crippen molar-refractivity contribution < 1.29 is 22.7 Å². The number of halogens is 3. The van der Waals surface area contributed by atoms with Gasteiger partial charge in [0.2, 0.25) is 0 Å². The van der Waals surface area contributed by atoms with E-state index in [-0.39, 0.29) is 11.7 Å². The molecule has 2 aliphatic carbocycles. The first-order valence-corrected chi connectivity index (χ1v) is 4.47. The monoisotopic (exact) mass is 206 g/mol. The zero-order chi connectivity index (χ0) is 10.3. The molecule has 0 amide bonds. The molecule has 0 N–H and O–H groups in total. The summed E-state index contributed by atoms with van der Waals surface area (Å²) in [6.45, 7) is 0. The van der Waals surface area contributed by atoms with Crippen LogP contribution < -0.4 is 0 Å². The Kier molecular flexibility index (Phi) is 2.05. The fourth-order valence-corrected chi connectivity index (χ4v) is 2.08. The molecule has 1 fully saturated rings. The van der Waals surface area contributed by atoms with Gasteiger partial charge in [0.1, 0.15) is 5.76 Å². The molecule has 0 aromatic heterocycles. The zero-order valence-electron chi connectivity index (χ0n) is 7.30. The summed E-state index contributed by atoms with van der Waals surface area (Å²) in [6.07, 6.45) is -0.569. The van der Waals surface area contributed by atoms with E-state index in [1.165, 1.54) is 0 Å². The van der Waals surface area contributed by atoms with E-state index in [1.54, 1.807) is 6.08 Å². The van der Waals surface area contributed by atoms with Gasteiger partial charge in [0.15, 0.2) is 0 Å². The van der Waals surface area contributed by atoms with Gasteiger partial charge >= 0.3 is 12.1 Å². The van der Waals surface area contributed by atoms with Crippen LogP contribution in [-0.4, -0.2) is 12.1 Å². The highest BCUT2D eigenvalue weighted by Crippen LogP contribution is 2.44. The average molecular weight is 206 g/mol. The van der Waals surface area contributed by atoms with Crippen LogP contribution in [0.15, 0.2) is 11.8 Å². The van der Waals surface area contributed by atoms with Gasteiger partial charge in [-0.2, -0.15) is 13.2 Å². The number of carbonyl (C=O) groups excluding carboxylic acids is 1. The first-order valence-electron chi connectivity index (χ1n) is 4.47. The van der Waals surface area contributed by atoms with Crippen molar-refractivity contribution in [1.82, 2.24) is 0 Å². The molecule has 0 saturated heterocycles. The molecule has 1 saturated carbocycles. The smallest absolute Gasteiger partial charge is 0.424 e. The predicted molar refractivity (Wildman–Crippen MR) is 41.1 cm³/mol. The van der Waals surface area contributed by atoms with E-state index in [4.69, 9.17) is 0 Å². The van der Waals surface area contributed by atoms with Gasteiger partial charge in [0.25, 0.3) is 0 Å². The Labute approximate surface area is 78.7 Å². The number of esters is 1. The maximum Gasteiger partial charge on any atom is 0.491 e. The Bertz CT molecular complexity index is 293. The lowest BCUT2D eigenvalue weighted by molar-refractivity contribution is -0.196. The number of rotatable bonds is 1. The molecular weight excluding hydrogens is 197 g/mol. The number of hydrogen-bond acceptors (Lipinski definition) is 2. The number of alkyl halides is 3. The minimum absolute atomic E-state index is 0.0336. The van der Waals surface area contributed by atoms with Crippen LogP contribution in [0, 0.1) is 11.8 Å². The maximum atomic E-state index is 11.8. The summed E-state index contributed by atoms with van der Waals surface area (Å²) in [6, 6.07) is 0. The lowest BCUT2D eigenvalue weighted by atomic mass is 10.1. The molecule has 2 rings (SSSR count). The SMILES string of the molecule is O=C(OC1=C[C@@H]2CC[C@H]1C2)C(F)(F)F. The van der Waals surface area contributed by atoms with Crippen molar-refractivity contribution in [2.45, 2.75) is 25.4 Å². The van der Waals surface area contributed by atoms with Crippen molar-refractivity contribution in [3.63, 3.8) is 0 Å². The second kappa shape index (κ2) is 3.00. The van der Waals surface area contributed by atoms with Gasteiger partial charge in [0, 0.05) is 5.92 Å². The molecule has 2 nitrogen and oxygen atoms in total. The highest BCUT2D eigenvalue weighted by atomic mass is 19.4. The van der Waals surface area contributed by atoms with Gasteiger partial charge in [-0.05, 0) is 31.3 Å². The van der Waals surface area contributed by atoms with Crippen molar-refractivity contribution in [3.05, 3.63) is 11.8 Å². The van der Waals surface area contributed by atoms with Crippen molar-refractivity contribution >= 4 is 5.97 Å². The minimum atomic E-state index is -4.89. The third-order valence-corrected chi connectivity index (χ3v) is 2.72. The van der Waals surface area contributed by atoms with Crippen LogP contribution >= 0.6 is 0 Å². The van der Waals surface area contributed by atoms with Gasteiger partial charge in [-0.3, -0.25) is 0 Å². The molecule has 2 bridgehead atoms. The van der Waals surface area contributed by atoms with E-state index < -0.39 is 12.1 Å². The second-order valence-electron chi connectivity index (χ2n) is 3.73. The average Bonchev–Trinajstić information content (AvgIpc) is 2.62. The Morgan fingerprint density at radius 3 is 2.57 bits per heavy atom. The summed E-state index contributed by atoms with van der Waals surface area (Å²) in [4.78, 5) is 10.5. The summed E-state index contributed by atoms with van der Waals surface area (Å²) in [5.74, 6) is -1.53. The first-order chi connectivity index (χ1) is 6.47. The number of carbonyl (C=O) groups is 1. The molecule has 0 spiro atoms. The van der Waals surface area contributed by atoms with Crippen LogP contribution in [0.1, 0.15) is 19.3 Å². The topological polar surface area (TPSA) is 26.3 Å². The lowest BCUT2D eigenvalue weighted by Crippen LogP contribution is -2.26. The van der Waals surface area contributed by atoms with Crippen molar-refractivity contribution in [1.29, 1.82) is 0 Å². The third kappa shape index (κ3) is 1.63. The third-order valence-electron chi connectivity index (χ3n) is 2.72. The summed E-state index contributed by atoms with van der Waals surface area (Å²) in [7, 11) is 0. The molecule has 78 valence electrons. The van der Waals surface area contributed by atoms with Crippen LogP contribution in [-0.2, 0) is 9.53 Å². The molecule has 0 unspecified atom stereocenters. The highest BCUT2D eigenvalue weighted by molar-refractivity contribution is 5.76. The molecule has 2 aliphatic rings. The molecule has 0 heterocycles. The lowest BCUT2D eigenvalue weighted by Gasteiger charge is -2.14. The molecular formula is C9H9F3O2. The van der Waals surface area contributed by atoms with Gasteiger partial charge < -0.3 is 4.74 Å². The fourth-order valence-electron chi connectivity index (χ4n) is 2.08. The predicted octanol–water partition coefficient (Wildman–Crippen LogP) is 2.41. The standard InChI is InChI=1S/C9H9F3O2/c10-9(11,12)8(13)14-7-4-5-1-2-6(7)3-5/h4-6H,1-3H2/t5-,6+/m1/s1. The van der Waals surface area contributed by atoms with E-state index in [2.05, 4.69) is 4.74 Å². The summed E-state index contributed by atoms with van der Waals surface area (Å²) in [5.41, 5.74) is 0. The van der Waals surface area contributed by atoms with E-state index in [0.29, 0.717) is 5.92 Å². The van der Waals surface area contributed by atoms with E-state index in [0.717, 1.165) is 19.3 Å². The van der Waals surface area contributed by atoms with Gasteiger partial charge in [-0.15, -0.1) is 0 Å². The molecule has 0 aromatic carbocycles. The maximum absolute atomic E-state index is 11.8. The zero-order valence-corrected chi connectivity index (χ0v) is 7.30. The van der Waals surface area contributed by atoms with Crippen molar-refractivity contribution in [2.75, 3.05) is 0 Å². The molecule has 5 heteroatoms. The van der Waals surface area contributed by atoms with Crippen LogP contribution in [0.4, 0.5) is 13.2 Å². The van der Waals surface area contributed by atoms with E-state index in [9.17, 15) is 18.0 Å². The van der Waals surface area contributed by atoms with Gasteiger partial charge in [-0.1, -0.05) is 0 Å². The number of hydrogen-bond donors (Lipinski definition) is 0. The Balaban J connectivity index is 2.00. The molecule has 2 atom stereocenters. The molecule has 0 aromatic rings. The largest absolute Gasteiger partial charge is 0.491 e. The Hall–Kier alpha value is -1.00. The van der Waals surface area contributed by atoms with Crippen LogP contribution in [0.3, 0.4) is 0 Å². The first kappa shape index (κ1) is 9.55. The highest BCUT2D eigenvalue weighted by Gasteiger charge is 2.44. The summed E-state index contributed by atoms with van der Waals surface area (Å²) < 4.78 is 39.8. The molecule has 0 aliphatic heterocycles. The molecule has 14 heavy (non-hydrogen) atoms. The Morgan fingerprint density at radius 1 is 1.43 bits per heavy atom. The van der Waals surface area contributed by atoms with Crippen molar-refractivity contribution in [3.8, 4) is 0 Å². The van der Waals surface area contributed by atoms with Crippen molar-refractivity contribution in [2.24, 2.45) is 11.8 Å². The summed E-state index contributed by atoms with van der Waals surface area (Å²) >= 11 is 0. The minimum Gasteiger partial charge on any atom is -0.424 e. The number of allylic oxidation sites excluding steroid dienone is 2. The van der Waals surface area contributed by atoms with E-state index >= 15 is 0 Å². The van der Waals surface area contributed by atoms with Gasteiger partial charge in [0.05, 0.1) is 0 Å². The number of ether oxygens (including phenoxy) is 1. The quantitative estimate of drug-likeness (QED) is 0.616. The normalized spacial score (nSPS) is 30.4. The molecule has 0 radical (unpaired) electrons. The number of fused-ring (bicyclic) bond motifs is 2. The van der Waals surface area contributed by atoms with E-state index in [1.807, 2.05) is 0 Å². The van der Waals surface area contributed by atoms with Crippen LogP contribution in [0.5, 0.6) is 0 Å². The van der Waals surface area contributed by atoms with Gasteiger partial charge in [-0.25, -0.2) is 4.79 Å².